The van der Waals surface area contributed by atoms with Gasteiger partial charge < -0.3 is 10.4 Å². The fourth-order valence-electron chi connectivity index (χ4n) is 4.38. The molecule has 2 aliphatic rings. The maximum Gasteiger partial charge on any atom is 0.292 e. The van der Waals surface area contributed by atoms with Gasteiger partial charge in [0.15, 0.2) is 0 Å². The van der Waals surface area contributed by atoms with Crippen molar-refractivity contribution in [2.24, 2.45) is 0 Å². The molecule has 4 rings (SSSR count). The van der Waals surface area contributed by atoms with Crippen molar-refractivity contribution in [3.05, 3.63) is 51.4 Å². The summed E-state index contributed by atoms with van der Waals surface area (Å²) in [6.45, 7) is 0. The highest BCUT2D eigenvalue weighted by Crippen LogP contribution is 2.34. The quantitative estimate of drug-likeness (QED) is 0.822. The first-order chi connectivity index (χ1) is 13.1. The van der Waals surface area contributed by atoms with Crippen molar-refractivity contribution in [3.8, 4) is 5.69 Å². The van der Waals surface area contributed by atoms with Crippen LogP contribution in [0.1, 0.15) is 62.8 Å². The molecule has 5 nitrogen and oxygen atoms in total. The Morgan fingerprint density at radius 2 is 1.81 bits per heavy atom. The molecule has 27 heavy (non-hydrogen) atoms. The molecule has 6 heteroatoms. The summed E-state index contributed by atoms with van der Waals surface area (Å²) in [6.07, 6.45) is 9.85. The number of rotatable bonds is 4. The molecular weight excluding hydrogens is 362 g/mol. The van der Waals surface area contributed by atoms with Crippen LogP contribution in [0.3, 0.4) is 0 Å². The van der Waals surface area contributed by atoms with Gasteiger partial charge in [0.1, 0.15) is 5.02 Å². The maximum atomic E-state index is 12.7. The second-order valence-electron chi connectivity index (χ2n) is 7.82. The molecule has 2 atom stereocenters. The third kappa shape index (κ3) is 4.04. The third-order valence-corrected chi connectivity index (χ3v) is 6.25. The number of nitrogens with zero attached hydrogens (tertiary/aromatic N) is 2. The highest BCUT2D eigenvalue weighted by molar-refractivity contribution is 6.32. The molecule has 0 spiro atoms. The van der Waals surface area contributed by atoms with Crippen molar-refractivity contribution in [2.45, 2.75) is 69.4 Å². The van der Waals surface area contributed by atoms with E-state index in [1.807, 2.05) is 12.1 Å². The van der Waals surface area contributed by atoms with Crippen LogP contribution >= 0.6 is 11.6 Å². The molecule has 2 aromatic rings. The SMILES string of the molecule is O=c1c(Cl)c(NC2CCCC(O)C2)cnn1-c1ccc(C2CCCC2)cc1. The van der Waals surface area contributed by atoms with Gasteiger partial charge in [0.25, 0.3) is 5.56 Å². The fourth-order valence-corrected chi connectivity index (χ4v) is 4.56. The summed E-state index contributed by atoms with van der Waals surface area (Å²) in [7, 11) is 0. The summed E-state index contributed by atoms with van der Waals surface area (Å²) in [5.74, 6) is 0.643. The first-order valence-corrected chi connectivity index (χ1v) is 10.3. The average molecular weight is 388 g/mol. The van der Waals surface area contributed by atoms with Crippen molar-refractivity contribution in [3.63, 3.8) is 0 Å². The van der Waals surface area contributed by atoms with E-state index in [1.165, 1.54) is 35.9 Å². The number of nitrogens with one attached hydrogen (secondary N) is 1. The van der Waals surface area contributed by atoms with Gasteiger partial charge in [-0.1, -0.05) is 36.6 Å². The lowest BCUT2D eigenvalue weighted by Gasteiger charge is -2.27. The van der Waals surface area contributed by atoms with Crippen LogP contribution in [0.5, 0.6) is 0 Å². The fraction of sp³-hybridized carbons (Fsp3) is 0.524. The van der Waals surface area contributed by atoms with Gasteiger partial charge in [-0.25, -0.2) is 0 Å². The summed E-state index contributed by atoms with van der Waals surface area (Å²) in [5, 5.41) is 17.6. The molecule has 0 bridgehead atoms. The average Bonchev–Trinajstić information content (AvgIpc) is 3.21. The predicted octanol–water partition coefficient (Wildman–Crippen LogP) is 4.26. The van der Waals surface area contributed by atoms with Crippen LogP contribution in [0.4, 0.5) is 5.69 Å². The number of benzene rings is 1. The van der Waals surface area contributed by atoms with Gasteiger partial charge in [-0.15, -0.1) is 0 Å². The van der Waals surface area contributed by atoms with Crippen LogP contribution in [0.25, 0.3) is 5.69 Å². The molecule has 0 radical (unpaired) electrons. The number of aromatic nitrogens is 2. The Morgan fingerprint density at radius 3 is 2.52 bits per heavy atom. The molecule has 2 aliphatic carbocycles. The molecule has 0 aliphatic heterocycles. The summed E-state index contributed by atoms with van der Waals surface area (Å²) in [6, 6.07) is 8.21. The van der Waals surface area contributed by atoms with Crippen LogP contribution in [-0.4, -0.2) is 27.0 Å². The van der Waals surface area contributed by atoms with Crippen LogP contribution < -0.4 is 10.9 Å². The number of aliphatic hydroxyl groups is 1. The molecular formula is C21H26ClN3O2. The Balaban J connectivity index is 1.53. The van der Waals surface area contributed by atoms with Crippen molar-refractivity contribution in [1.82, 2.24) is 9.78 Å². The molecule has 1 aromatic heterocycles. The van der Waals surface area contributed by atoms with E-state index in [0.717, 1.165) is 24.9 Å². The lowest BCUT2D eigenvalue weighted by molar-refractivity contribution is 0.124. The van der Waals surface area contributed by atoms with Gasteiger partial charge in [-0.3, -0.25) is 4.79 Å². The normalized spacial score (nSPS) is 23.5. The van der Waals surface area contributed by atoms with Gasteiger partial charge in [0.2, 0.25) is 0 Å². The molecule has 0 saturated heterocycles. The Kier molecular flexibility index (Phi) is 5.50. The zero-order valence-electron chi connectivity index (χ0n) is 15.4. The van der Waals surface area contributed by atoms with E-state index in [-0.39, 0.29) is 22.7 Å². The van der Waals surface area contributed by atoms with Crippen molar-refractivity contribution >= 4 is 17.3 Å². The number of aliphatic hydroxyl groups excluding tert-OH is 1. The monoisotopic (exact) mass is 387 g/mol. The van der Waals surface area contributed by atoms with E-state index < -0.39 is 0 Å². The summed E-state index contributed by atoms with van der Waals surface area (Å²) < 4.78 is 1.35. The standard InChI is InChI=1S/C21H26ClN3O2/c22-20-19(24-16-6-3-7-18(26)12-16)13-23-25(21(20)27)17-10-8-15(9-11-17)14-4-1-2-5-14/h8-11,13-14,16,18,24,26H,1-7,12H2. The zero-order chi connectivity index (χ0) is 18.8. The maximum absolute atomic E-state index is 12.7. The number of hydrogen-bond acceptors (Lipinski definition) is 4. The molecule has 2 saturated carbocycles. The predicted molar refractivity (Wildman–Crippen MR) is 108 cm³/mol. The third-order valence-electron chi connectivity index (χ3n) is 5.89. The van der Waals surface area contributed by atoms with Crippen LogP contribution in [-0.2, 0) is 0 Å². The van der Waals surface area contributed by atoms with Gasteiger partial charge in [0.05, 0.1) is 23.7 Å². The van der Waals surface area contributed by atoms with Crippen LogP contribution in [0, 0.1) is 0 Å². The first kappa shape index (κ1) is 18.5. The Hall–Kier alpha value is -1.85. The van der Waals surface area contributed by atoms with Crippen molar-refractivity contribution in [1.29, 1.82) is 0 Å². The lowest BCUT2D eigenvalue weighted by Crippen LogP contribution is -2.31. The van der Waals surface area contributed by atoms with E-state index in [4.69, 9.17) is 11.6 Å². The number of halogens is 1. The van der Waals surface area contributed by atoms with E-state index in [2.05, 4.69) is 22.5 Å². The Bertz CT molecular complexity index is 843. The minimum atomic E-state index is -0.327. The highest BCUT2D eigenvalue weighted by atomic mass is 35.5. The van der Waals surface area contributed by atoms with Gasteiger partial charge in [-0.2, -0.15) is 9.78 Å². The summed E-state index contributed by atoms with van der Waals surface area (Å²) in [5.41, 5.74) is 2.28. The molecule has 1 heterocycles. The Labute approximate surface area is 164 Å². The first-order valence-electron chi connectivity index (χ1n) is 9.94. The second kappa shape index (κ2) is 8.03. The van der Waals surface area contributed by atoms with Crippen molar-refractivity contribution in [2.75, 3.05) is 5.32 Å². The van der Waals surface area contributed by atoms with Crippen molar-refractivity contribution < 1.29 is 5.11 Å². The smallest absolute Gasteiger partial charge is 0.292 e. The van der Waals surface area contributed by atoms with Gasteiger partial charge >= 0.3 is 0 Å². The second-order valence-corrected chi connectivity index (χ2v) is 8.20. The minimum absolute atomic E-state index is 0.119. The number of hydrogen-bond donors (Lipinski definition) is 2. The number of anilines is 1. The topological polar surface area (TPSA) is 67.2 Å². The van der Waals surface area contributed by atoms with E-state index in [1.54, 1.807) is 6.20 Å². The van der Waals surface area contributed by atoms with Gasteiger partial charge in [0, 0.05) is 6.04 Å². The van der Waals surface area contributed by atoms with Crippen LogP contribution in [0.15, 0.2) is 35.3 Å². The van der Waals surface area contributed by atoms with E-state index in [9.17, 15) is 9.90 Å². The molecule has 0 amide bonds. The lowest BCUT2D eigenvalue weighted by atomic mass is 9.93. The molecule has 2 unspecified atom stereocenters. The highest BCUT2D eigenvalue weighted by Gasteiger charge is 2.22. The molecule has 144 valence electrons. The molecule has 2 N–H and O–H groups in total. The Morgan fingerprint density at radius 1 is 1.07 bits per heavy atom. The van der Waals surface area contributed by atoms with Gasteiger partial charge in [-0.05, 0) is 62.1 Å². The van der Waals surface area contributed by atoms with Crippen LogP contribution in [0.2, 0.25) is 5.02 Å². The minimum Gasteiger partial charge on any atom is -0.393 e. The zero-order valence-corrected chi connectivity index (χ0v) is 16.2. The van der Waals surface area contributed by atoms with E-state index in [0.29, 0.717) is 18.0 Å². The summed E-state index contributed by atoms with van der Waals surface area (Å²) in [4.78, 5) is 12.7. The molecule has 2 fully saturated rings. The molecule has 1 aromatic carbocycles. The summed E-state index contributed by atoms with van der Waals surface area (Å²) >= 11 is 6.34. The largest absolute Gasteiger partial charge is 0.393 e. The van der Waals surface area contributed by atoms with E-state index >= 15 is 0 Å².